The third-order valence-corrected chi connectivity index (χ3v) is 5.26. The van der Waals surface area contributed by atoms with E-state index in [1.165, 1.54) is 23.4 Å². The maximum absolute atomic E-state index is 13.4. The Morgan fingerprint density at radius 3 is 2.68 bits per heavy atom. The summed E-state index contributed by atoms with van der Waals surface area (Å²) in [5.74, 6) is -1.08. The summed E-state index contributed by atoms with van der Waals surface area (Å²) in [5.41, 5.74) is 4.27. The van der Waals surface area contributed by atoms with Gasteiger partial charge in [0.1, 0.15) is 0 Å². The molecule has 1 aliphatic heterocycles. The van der Waals surface area contributed by atoms with Gasteiger partial charge in [0.15, 0.2) is 11.6 Å². The van der Waals surface area contributed by atoms with E-state index in [1.54, 1.807) is 6.07 Å². The van der Waals surface area contributed by atoms with Crippen molar-refractivity contribution in [3.05, 3.63) is 46.8 Å². The summed E-state index contributed by atoms with van der Waals surface area (Å²) in [6.45, 7) is 8.93. The summed E-state index contributed by atoms with van der Waals surface area (Å²) < 4.78 is 28.4. The van der Waals surface area contributed by atoms with Crippen molar-refractivity contribution in [2.75, 3.05) is 24.5 Å². The molecule has 0 spiro atoms. The largest absolute Gasteiger partial charge is 0.371 e. The molecule has 25 heavy (non-hydrogen) atoms. The summed E-state index contributed by atoms with van der Waals surface area (Å²) in [5, 5.41) is 8.10. The number of nitrogens with one attached hydrogen (secondary N) is 1. The zero-order chi connectivity index (χ0) is 18.1. The van der Waals surface area contributed by atoms with Crippen molar-refractivity contribution in [3.63, 3.8) is 0 Å². The highest BCUT2D eigenvalue weighted by Crippen LogP contribution is 2.26. The Morgan fingerprint density at radius 2 is 2.04 bits per heavy atom. The van der Waals surface area contributed by atoms with Crippen LogP contribution in [0.4, 0.5) is 14.5 Å². The van der Waals surface area contributed by atoms with Gasteiger partial charge in [0.05, 0.1) is 5.69 Å². The molecular weight excluding hydrogens is 322 g/mol. The maximum atomic E-state index is 13.4. The summed E-state index contributed by atoms with van der Waals surface area (Å²) >= 11 is 0. The van der Waals surface area contributed by atoms with E-state index in [9.17, 15) is 8.78 Å². The van der Waals surface area contributed by atoms with Gasteiger partial charge in [0.25, 0.3) is 0 Å². The van der Waals surface area contributed by atoms with Crippen molar-refractivity contribution in [2.45, 2.75) is 33.2 Å². The second-order valence-electron chi connectivity index (χ2n) is 7.04. The predicted octanol–water partition coefficient (Wildman–Crippen LogP) is 3.49. The first-order valence-electron chi connectivity index (χ1n) is 8.80. The number of anilines is 1. The van der Waals surface area contributed by atoms with E-state index in [1.807, 2.05) is 18.7 Å². The van der Waals surface area contributed by atoms with Gasteiger partial charge < -0.3 is 10.2 Å². The normalized spacial score (nSPS) is 18.8. The Hall–Kier alpha value is -1.95. The van der Waals surface area contributed by atoms with Crippen LogP contribution in [0.3, 0.4) is 0 Å². The van der Waals surface area contributed by atoms with Crippen molar-refractivity contribution in [1.29, 1.82) is 0 Å². The third-order valence-electron chi connectivity index (χ3n) is 5.26. The Bertz CT molecular complexity index is 756. The monoisotopic (exact) mass is 348 g/mol. The van der Waals surface area contributed by atoms with Gasteiger partial charge >= 0.3 is 0 Å². The standard InChI is InChI=1S/C19H26F2N4/c1-12(19-13(2)23-24(4)14(19)3)22-10-15-7-8-25(11-15)16-5-6-17(20)18(21)9-16/h5-6,9,12,15,22H,7-8,10-11H2,1-4H3/t12-,15+/m0/s1. The van der Waals surface area contributed by atoms with Crippen LogP contribution in [0.2, 0.25) is 0 Å². The van der Waals surface area contributed by atoms with Crippen LogP contribution in [0.25, 0.3) is 0 Å². The number of aryl methyl sites for hydroxylation is 2. The molecule has 0 saturated carbocycles. The average molecular weight is 348 g/mol. The van der Waals surface area contributed by atoms with E-state index >= 15 is 0 Å². The molecule has 1 N–H and O–H groups in total. The lowest BCUT2D eigenvalue weighted by Gasteiger charge is -2.20. The molecule has 1 aromatic carbocycles. The molecule has 1 aromatic heterocycles. The number of benzene rings is 1. The Balaban J connectivity index is 1.57. The summed E-state index contributed by atoms with van der Waals surface area (Å²) in [7, 11) is 1.97. The fourth-order valence-corrected chi connectivity index (χ4v) is 3.78. The van der Waals surface area contributed by atoms with Crippen LogP contribution in [0, 0.1) is 31.4 Å². The molecule has 0 bridgehead atoms. The molecule has 0 aliphatic carbocycles. The van der Waals surface area contributed by atoms with Gasteiger partial charge in [-0.15, -0.1) is 0 Å². The highest BCUT2D eigenvalue weighted by atomic mass is 19.2. The van der Waals surface area contributed by atoms with E-state index in [4.69, 9.17) is 0 Å². The first-order chi connectivity index (χ1) is 11.9. The zero-order valence-electron chi connectivity index (χ0n) is 15.3. The second-order valence-corrected chi connectivity index (χ2v) is 7.04. The number of hydrogen-bond acceptors (Lipinski definition) is 3. The molecule has 6 heteroatoms. The zero-order valence-corrected chi connectivity index (χ0v) is 15.3. The number of hydrogen-bond donors (Lipinski definition) is 1. The molecule has 1 fully saturated rings. The minimum atomic E-state index is -0.794. The number of nitrogens with zero attached hydrogens (tertiary/aromatic N) is 3. The molecule has 136 valence electrons. The van der Waals surface area contributed by atoms with Gasteiger partial charge in [-0.25, -0.2) is 8.78 Å². The van der Waals surface area contributed by atoms with Gasteiger partial charge in [-0.2, -0.15) is 5.10 Å². The highest BCUT2D eigenvalue weighted by Gasteiger charge is 2.24. The van der Waals surface area contributed by atoms with Gasteiger partial charge in [-0.1, -0.05) is 0 Å². The van der Waals surface area contributed by atoms with Crippen molar-refractivity contribution in [2.24, 2.45) is 13.0 Å². The van der Waals surface area contributed by atoms with Crippen LogP contribution < -0.4 is 10.2 Å². The molecule has 1 saturated heterocycles. The fraction of sp³-hybridized carbons (Fsp3) is 0.526. The predicted molar refractivity (Wildman–Crippen MR) is 95.8 cm³/mol. The first-order valence-corrected chi connectivity index (χ1v) is 8.80. The quantitative estimate of drug-likeness (QED) is 0.898. The van der Waals surface area contributed by atoms with Crippen LogP contribution in [0.15, 0.2) is 18.2 Å². The van der Waals surface area contributed by atoms with Crippen LogP contribution in [-0.4, -0.2) is 29.4 Å². The van der Waals surface area contributed by atoms with Crippen molar-refractivity contribution in [3.8, 4) is 0 Å². The van der Waals surface area contributed by atoms with Gasteiger partial charge in [0, 0.05) is 55.7 Å². The minimum absolute atomic E-state index is 0.242. The van der Waals surface area contributed by atoms with E-state index in [-0.39, 0.29) is 6.04 Å². The van der Waals surface area contributed by atoms with Crippen molar-refractivity contribution >= 4 is 5.69 Å². The van der Waals surface area contributed by atoms with E-state index < -0.39 is 11.6 Å². The van der Waals surface area contributed by atoms with Gasteiger partial charge in [-0.05, 0) is 45.2 Å². The summed E-state index contributed by atoms with van der Waals surface area (Å²) in [6.07, 6.45) is 1.05. The molecule has 0 radical (unpaired) electrons. The van der Waals surface area contributed by atoms with E-state index in [0.29, 0.717) is 5.92 Å². The lowest BCUT2D eigenvalue weighted by atomic mass is 10.0. The first kappa shape index (κ1) is 17.9. The van der Waals surface area contributed by atoms with Crippen LogP contribution in [0.5, 0.6) is 0 Å². The Labute approximate surface area is 147 Å². The van der Waals surface area contributed by atoms with Crippen molar-refractivity contribution < 1.29 is 8.78 Å². The van der Waals surface area contributed by atoms with Crippen molar-refractivity contribution in [1.82, 2.24) is 15.1 Å². The van der Waals surface area contributed by atoms with E-state index in [0.717, 1.165) is 37.4 Å². The second kappa shape index (κ2) is 7.12. The summed E-state index contributed by atoms with van der Waals surface area (Å²) in [6, 6.07) is 4.38. The molecule has 4 nitrogen and oxygen atoms in total. The summed E-state index contributed by atoms with van der Waals surface area (Å²) in [4.78, 5) is 2.13. The smallest absolute Gasteiger partial charge is 0.160 e. The average Bonchev–Trinajstić information content (AvgIpc) is 3.13. The van der Waals surface area contributed by atoms with Crippen LogP contribution >= 0.6 is 0 Å². The maximum Gasteiger partial charge on any atom is 0.160 e. The lowest BCUT2D eigenvalue weighted by Crippen LogP contribution is -2.28. The molecule has 0 amide bonds. The number of rotatable bonds is 5. The third kappa shape index (κ3) is 3.68. The number of aromatic nitrogens is 2. The van der Waals surface area contributed by atoms with E-state index in [2.05, 4.69) is 29.2 Å². The molecule has 0 unspecified atom stereocenters. The fourth-order valence-electron chi connectivity index (χ4n) is 3.78. The highest BCUT2D eigenvalue weighted by molar-refractivity contribution is 5.47. The van der Waals surface area contributed by atoms with Crippen LogP contribution in [0.1, 0.15) is 36.3 Å². The SMILES string of the molecule is Cc1nn(C)c(C)c1[C@H](C)NC[C@H]1CCN(c2ccc(F)c(F)c2)C1. The van der Waals surface area contributed by atoms with Gasteiger partial charge in [-0.3, -0.25) is 4.68 Å². The van der Waals surface area contributed by atoms with Gasteiger partial charge in [0.2, 0.25) is 0 Å². The molecule has 2 heterocycles. The molecular formula is C19H26F2N4. The Morgan fingerprint density at radius 1 is 1.28 bits per heavy atom. The lowest BCUT2D eigenvalue weighted by molar-refractivity contribution is 0.470. The molecule has 2 atom stereocenters. The number of halogens is 2. The molecule has 1 aliphatic rings. The van der Waals surface area contributed by atoms with Crippen LogP contribution in [-0.2, 0) is 7.05 Å². The minimum Gasteiger partial charge on any atom is -0.371 e. The molecule has 3 rings (SSSR count). The topological polar surface area (TPSA) is 33.1 Å². The molecule has 2 aromatic rings. The Kier molecular flexibility index (Phi) is 5.08.